The second-order valence-corrected chi connectivity index (χ2v) is 7.96. The second kappa shape index (κ2) is 6.17. The molecule has 0 bridgehead atoms. The van der Waals surface area contributed by atoms with Gasteiger partial charge in [0.25, 0.3) is 0 Å². The summed E-state index contributed by atoms with van der Waals surface area (Å²) in [4.78, 5) is 2.72. The summed E-state index contributed by atoms with van der Waals surface area (Å²) in [6, 6.07) is 0.688. The van der Waals surface area contributed by atoms with Gasteiger partial charge in [-0.3, -0.25) is 4.90 Å². The highest BCUT2D eigenvalue weighted by Gasteiger charge is 2.43. The summed E-state index contributed by atoms with van der Waals surface area (Å²) in [6.45, 7) is 10.5. The Morgan fingerprint density at radius 2 is 1.95 bits per heavy atom. The van der Waals surface area contributed by atoms with Crippen molar-refractivity contribution in [1.82, 2.24) is 10.2 Å². The van der Waals surface area contributed by atoms with Gasteiger partial charge in [0.15, 0.2) is 0 Å². The predicted molar refractivity (Wildman–Crippen MR) is 87.7 cm³/mol. The molecule has 3 fully saturated rings. The van der Waals surface area contributed by atoms with E-state index in [0.717, 1.165) is 13.1 Å². The third-order valence-electron chi connectivity index (χ3n) is 6.38. The third kappa shape index (κ3) is 3.30. The summed E-state index contributed by atoms with van der Waals surface area (Å²) in [5, 5.41) is 3.77. The minimum atomic E-state index is 0.286. The predicted octanol–water partition coefficient (Wildman–Crippen LogP) is 3.33. The van der Waals surface area contributed by atoms with Gasteiger partial charge >= 0.3 is 0 Å². The van der Waals surface area contributed by atoms with Crippen molar-refractivity contribution in [3.63, 3.8) is 0 Å². The monoisotopic (exact) mass is 294 g/mol. The molecule has 1 aliphatic carbocycles. The van der Waals surface area contributed by atoms with Crippen LogP contribution >= 0.6 is 0 Å². The highest BCUT2D eigenvalue weighted by molar-refractivity contribution is 4.97. The van der Waals surface area contributed by atoms with E-state index in [4.69, 9.17) is 4.74 Å². The largest absolute Gasteiger partial charge is 0.370 e. The highest BCUT2D eigenvalue weighted by atomic mass is 16.5. The Balaban J connectivity index is 1.59. The van der Waals surface area contributed by atoms with Crippen LogP contribution in [0.2, 0.25) is 0 Å². The van der Waals surface area contributed by atoms with Gasteiger partial charge in [0.1, 0.15) is 0 Å². The first-order valence-corrected chi connectivity index (χ1v) is 9.25. The topological polar surface area (TPSA) is 24.5 Å². The molecule has 0 amide bonds. The molecule has 3 atom stereocenters. The summed E-state index contributed by atoms with van der Waals surface area (Å²) in [5.74, 6) is 0. The molecule has 0 radical (unpaired) electrons. The fourth-order valence-electron chi connectivity index (χ4n) is 4.65. The Morgan fingerprint density at radius 1 is 1.19 bits per heavy atom. The van der Waals surface area contributed by atoms with Crippen molar-refractivity contribution in [2.75, 3.05) is 19.6 Å². The van der Waals surface area contributed by atoms with Crippen LogP contribution < -0.4 is 5.32 Å². The first kappa shape index (κ1) is 15.8. The lowest BCUT2D eigenvalue weighted by Gasteiger charge is -2.46. The van der Waals surface area contributed by atoms with Gasteiger partial charge in [-0.15, -0.1) is 0 Å². The molecule has 1 spiro atoms. The van der Waals surface area contributed by atoms with Crippen LogP contribution in [0.15, 0.2) is 0 Å². The van der Waals surface area contributed by atoms with Crippen LogP contribution in [-0.2, 0) is 4.74 Å². The number of ether oxygens (including phenoxy) is 1. The molecule has 2 saturated heterocycles. The Bertz CT molecular complexity index is 353. The molecule has 0 aromatic rings. The van der Waals surface area contributed by atoms with Crippen molar-refractivity contribution < 1.29 is 4.74 Å². The molecule has 21 heavy (non-hydrogen) atoms. The molecule has 1 saturated carbocycles. The van der Waals surface area contributed by atoms with E-state index in [1.807, 2.05) is 0 Å². The van der Waals surface area contributed by atoms with Crippen LogP contribution in [0.1, 0.15) is 72.1 Å². The smallest absolute Gasteiger partial charge is 0.0710 e. The molecule has 0 aromatic heterocycles. The lowest BCUT2D eigenvalue weighted by Crippen LogP contribution is -2.63. The van der Waals surface area contributed by atoms with Crippen molar-refractivity contribution in [3.8, 4) is 0 Å². The molecular weight excluding hydrogens is 260 g/mol. The molecule has 122 valence electrons. The van der Waals surface area contributed by atoms with Gasteiger partial charge in [0.05, 0.1) is 11.7 Å². The van der Waals surface area contributed by atoms with Crippen LogP contribution in [0, 0.1) is 0 Å². The zero-order valence-electron chi connectivity index (χ0n) is 14.3. The summed E-state index contributed by atoms with van der Waals surface area (Å²) < 4.78 is 6.55. The first-order valence-electron chi connectivity index (χ1n) is 9.25. The van der Waals surface area contributed by atoms with E-state index in [1.54, 1.807) is 0 Å². The fraction of sp³-hybridized carbons (Fsp3) is 1.00. The van der Waals surface area contributed by atoms with Gasteiger partial charge in [-0.2, -0.15) is 0 Å². The lowest BCUT2D eigenvalue weighted by molar-refractivity contribution is -0.0586. The minimum absolute atomic E-state index is 0.286. The highest BCUT2D eigenvalue weighted by Crippen LogP contribution is 2.43. The van der Waals surface area contributed by atoms with Crippen molar-refractivity contribution in [2.24, 2.45) is 0 Å². The van der Waals surface area contributed by atoms with Crippen LogP contribution in [0.5, 0.6) is 0 Å². The fourth-order valence-corrected chi connectivity index (χ4v) is 4.65. The molecule has 3 rings (SSSR count). The Kier molecular flexibility index (Phi) is 4.63. The van der Waals surface area contributed by atoms with Crippen LogP contribution in [0.4, 0.5) is 0 Å². The molecule has 3 nitrogen and oxygen atoms in total. The summed E-state index contributed by atoms with van der Waals surface area (Å²) in [6.07, 6.45) is 10.9. The SMILES string of the molecule is CCC1CNC(C)(CC)CN1CC1CCC2(CCCC2)O1. The van der Waals surface area contributed by atoms with E-state index in [-0.39, 0.29) is 11.1 Å². The Morgan fingerprint density at radius 3 is 2.62 bits per heavy atom. The van der Waals surface area contributed by atoms with Gasteiger partial charge in [-0.25, -0.2) is 0 Å². The molecule has 0 aromatic carbocycles. The number of nitrogens with zero attached hydrogens (tertiary/aromatic N) is 1. The molecular formula is C18H34N2O. The van der Waals surface area contributed by atoms with Crippen molar-refractivity contribution in [2.45, 2.75) is 95.4 Å². The standard InChI is InChI=1S/C18H34N2O/c1-4-15-12-19-17(3,5-2)14-20(15)13-16-8-11-18(21-16)9-6-7-10-18/h15-16,19H,4-14H2,1-3H3. The van der Waals surface area contributed by atoms with Gasteiger partial charge < -0.3 is 10.1 Å². The molecule has 3 unspecified atom stereocenters. The summed E-state index contributed by atoms with van der Waals surface area (Å²) in [5.41, 5.74) is 0.573. The third-order valence-corrected chi connectivity index (χ3v) is 6.38. The van der Waals surface area contributed by atoms with Gasteiger partial charge in [-0.05, 0) is 45.4 Å². The summed E-state index contributed by atoms with van der Waals surface area (Å²) in [7, 11) is 0. The number of piperazine rings is 1. The minimum Gasteiger partial charge on any atom is -0.370 e. The Hall–Kier alpha value is -0.120. The van der Waals surface area contributed by atoms with Gasteiger partial charge in [0.2, 0.25) is 0 Å². The Labute approximate surface area is 130 Å². The van der Waals surface area contributed by atoms with Gasteiger partial charge in [0, 0.05) is 31.2 Å². The van der Waals surface area contributed by atoms with Crippen LogP contribution in [0.25, 0.3) is 0 Å². The van der Waals surface area contributed by atoms with E-state index < -0.39 is 0 Å². The van der Waals surface area contributed by atoms with Gasteiger partial charge in [-0.1, -0.05) is 26.7 Å². The maximum atomic E-state index is 6.55. The quantitative estimate of drug-likeness (QED) is 0.861. The van der Waals surface area contributed by atoms with E-state index in [1.165, 1.54) is 57.9 Å². The van der Waals surface area contributed by atoms with Crippen LogP contribution in [-0.4, -0.2) is 47.8 Å². The number of nitrogens with one attached hydrogen (secondary N) is 1. The lowest BCUT2D eigenvalue weighted by atomic mass is 9.92. The average molecular weight is 294 g/mol. The van der Waals surface area contributed by atoms with E-state index >= 15 is 0 Å². The number of hydrogen-bond acceptors (Lipinski definition) is 3. The molecule has 1 N–H and O–H groups in total. The first-order chi connectivity index (χ1) is 10.1. The normalized spacial score (nSPS) is 40.1. The zero-order valence-corrected chi connectivity index (χ0v) is 14.3. The summed E-state index contributed by atoms with van der Waals surface area (Å²) >= 11 is 0. The van der Waals surface area contributed by atoms with Crippen molar-refractivity contribution in [1.29, 1.82) is 0 Å². The van der Waals surface area contributed by atoms with E-state index in [2.05, 4.69) is 31.0 Å². The van der Waals surface area contributed by atoms with Crippen molar-refractivity contribution in [3.05, 3.63) is 0 Å². The molecule has 3 aliphatic rings. The second-order valence-electron chi connectivity index (χ2n) is 7.96. The van der Waals surface area contributed by atoms with E-state index in [9.17, 15) is 0 Å². The maximum absolute atomic E-state index is 6.55. The average Bonchev–Trinajstić information content (AvgIpc) is 3.10. The van der Waals surface area contributed by atoms with Crippen molar-refractivity contribution >= 4 is 0 Å². The molecule has 3 heteroatoms. The van der Waals surface area contributed by atoms with E-state index in [0.29, 0.717) is 12.1 Å². The van der Waals surface area contributed by atoms with Crippen LogP contribution in [0.3, 0.4) is 0 Å². The number of hydrogen-bond donors (Lipinski definition) is 1. The molecule has 2 heterocycles. The maximum Gasteiger partial charge on any atom is 0.0710 e. The zero-order chi connectivity index (χ0) is 14.9. The number of rotatable bonds is 4. The molecule has 2 aliphatic heterocycles.